The molecule has 114 valence electrons. The molecule has 0 N–H and O–H groups in total. The summed E-state index contributed by atoms with van der Waals surface area (Å²) in [5, 5.41) is 0. The number of amides is 1. The van der Waals surface area contributed by atoms with Crippen molar-refractivity contribution < 1.29 is 4.79 Å². The van der Waals surface area contributed by atoms with Crippen molar-refractivity contribution in [2.45, 2.75) is 19.3 Å². The molecule has 0 atom stereocenters. The molecule has 3 rings (SSSR count). The Balaban J connectivity index is 2.18. The van der Waals surface area contributed by atoms with Crippen LogP contribution >= 0.6 is 43.5 Å². The minimum absolute atomic E-state index is 0.0315. The van der Waals surface area contributed by atoms with Gasteiger partial charge >= 0.3 is 0 Å². The SMILES string of the molecule is O=C(CCCl)N1c2ccc(Br)cc2CCc2cc(Br)ccc21. The van der Waals surface area contributed by atoms with Gasteiger partial charge in [-0.3, -0.25) is 9.69 Å². The minimum Gasteiger partial charge on any atom is -0.280 e. The van der Waals surface area contributed by atoms with E-state index in [4.69, 9.17) is 11.6 Å². The summed E-state index contributed by atoms with van der Waals surface area (Å²) in [4.78, 5) is 14.5. The maximum absolute atomic E-state index is 12.7. The fourth-order valence-corrected chi connectivity index (χ4v) is 3.78. The fraction of sp³-hybridized carbons (Fsp3) is 0.235. The number of benzene rings is 2. The highest BCUT2D eigenvalue weighted by Gasteiger charge is 2.25. The Bertz CT molecular complexity index is 679. The number of fused-ring (bicyclic) bond motifs is 2. The quantitative estimate of drug-likeness (QED) is 0.553. The van der Waals surface area contributed by atoms with E-state index >= 15 is 0 Å². The third kappa shape index (κ3) is 3.10. The maximum Gasteiger partial charge on any atom is 0.232 e. The first-order valence-electron chi connectivity index (χ1n) is 7.06. The van der Waals surface area contributed by atoms with E-state index in [1.165, 1.54) is 11.1 Å². The van der Waals surface area contributed by atoms with E-state index in [2.05, 4.69) is 44.0 Å². The van der Waals surface area contributed by atoms with E-state index in [1.807, 2.05) is 29.2 Å². The largest absolute Gasteiger partial charge is 0.280 e. The molecule has 0 saturated heterocycles. The zero-order valence-corrected chi connectivity index (χ0v) is 15.7. The summed E-state index contributed by atoms with van der Waals surface area (Å²) in [6.07, 6.45) is 2.14. The second-order valence-corrected chi connectivity index (χ2v) is 7.42. The van der Waals surface area contributed by atoms with E-state index in [1.54, 1.807) is 0 Å². The predicted molar refractivity (Wildman–Crippen MR) is 98.2 cm³/mol. The zero-order valence-electron chi connectivity index (χ0n) is 11.8. The van der Waals surface area contributed by atoms with Gasteiger partial charge in [0.2, 0.25) is 5.91 Å². The molecule has 0 aromatic heterocycles. The summed E-state index contributed by atoms with van der Waals surface area (Å²) in [5.74, 6) is 0.358. The molecular weight excluding hydrogens is 429 g/mol. The lowest BCUT2D eigenvalue weighted by Gasteiger charge is -2.25. The van der Waals surface area contributed by atoms with Crippen molar-refractivity contribution in [1.82, 2.24) is 0 Å². The minimum atomic E-state index is 0.0315. The van der Waals surface area contributed by atoms with Gasteiger partial charge in [-0.1, -0.05) is 31.9 Å². The van der Waals surface area contributed by atoms with Crippen LogP contribution in [0.4, 0.5) is 11.4 Å². The van der Waals surface area contributed by atoms with Crippen molar-refractivity contribution in [3.05, 3.63) is 56.5 Å². The second kappa shape index (κ2) is 6.73. The Hall–Kier alpha value is -0.840. The van der Waals surface area contributed by atoms with Crippen LogP contribution in [-0.4, -0.2) is 11.8 Å². The van der Waals surface area contributed by atoms with Crippen LogP contribution in [0.25, 0.3) is 0 Å². The van der Waals surface area contributed by atoms with Gasteiger partial charge in [0.15, 0.2) is 0 Å². The molecule has 2 aromatic carbocycles. The van der Waals surface area contributed by atoms with E-state index in [0.29, 0.717) is 12.3 Å². The molecule has 0 unspecified atom stereocenters. The number of alkyl halides is 1. The van der Waals surface area contributed by atoms with Gasteiger partial charge in [0.1, 0.15) is 0 Å². The van der Waals surface area contributed by atoms with Crippen molar-refractivity contribution in [3.8, 4) is 0 Å². The smallest absolute Gasteiger partial charge is 0.232 e. The van der Waals surface area contributed by atoms with E-state index in [9.17, 15) is 4.79 Å². The molecule has 22 heavy (non-hydrogen) atoms. The molecule has 1 heterocycles. The molecule has 0 radical (unpaired) electrons. The van der Waals surface area contributed by atoms with Gasteiger partial charge in [0.05, 0.1) is 11.4 Å². The number of rotatable bonds is 2. The lowest BCUT2D eigenvalue weighted by atomic mass is 10.0. The summed E-state index contributed by atoms with van der Waals surface area (Å²) < 4.78 is 2.06. The maximum atomic E-state index is 12.7. The van der Waals surface area contributed by atoms with Gasteiger partial charge in [0.25, 0.3) is 0 Å². The monoisotopic (exact) mass is 441 g/mol. The molecule has 0 fully saturated rings. The van der Waals surface area contributed by atoms with Crippen molar-refractivity contribution in [3.63, 3.8) is 0 Å². The molecule has 5 heteroatoms. The average Bonchev–Trinajstić information content (AvgIpc) is 2.64. The molecule has 1 aliphatic rings. The highest BCUT2D eigenvalue weighted by Crippen LogP contribution is 2.38. The fourth-order valence-electron chi connectivity index (χ4n) is 2.81. The van der Waals surface area contributed by atoms with Crippen LogP contribution in [0.15, 0.2) is 45.3 Å². The van der Waals surface area contributed by atoms with Gasteiger partial charge in [-0.25, -0.2) is 0 Å². The second-order valence-electron chi connectivity index (χ2n) is 5.21. The van der Waals surface area contributed by atoms with Crippen LogP contribution in [0.3, 0.4) is 0 Å². The van der Waals surface area contributed by atoms with Gasteiger partial charge in [-0.15, -0.1) is 11.6 Å². The Morgan fingerprint density at radius 3 is 1.95 bits per heavy atom. The molecule has 0 saturated carbocycles. The Morgan fingerprint density at radius 2 is 1.50 bits per heavy atom. The number of hydrogen-bond donors (Lipinski definition) is 0. The lowest BCUT2D eigenvalue weighted by Crippen LogP contribution is -2.27. The molecular formula is C17H14Br2ClNO. The van der Waals surface area contributed by atoms with Crippen molar-refractivity contribution in [2.24, 2.45) is 0 Å². The summed E-state index contributed by atoms with van der Waals surface area (Å²) in [6.45, 7) is 0. The summed E-state index contributed by atoms with van der Waals surface area (Å²) in [6, 6.07) is 12.1. The van der Waals surface area contributed by atoms with Gasteiger partial charge in [-0.05, 0) is 60.4 Å². The van der Waals surface area contributed by atoms with Gasteiger partial charge in [-0.2, -0.15) is 0 Å². The Morgan fingerprint density at radius 1 is 1.00 bits per heavy atom. The van der Waals surface area contributed by atoms with E-state index in [-0.39, 0.29) is 5.91 Å². The van der Waals surface area contributed by atoms with Crippen molar-refractivity contribution in [1.29, 1.82) is 0 Å². The van der Waals surface area contributed by atoms with E-state index < -0.39 is 0 Å². The number of anilines is 2. The number of aryl methyl sites for hydroxylation is 2. The third-order valence-electron chi connectivity index (χ3n) is 3.79. The molecule has 0 spiro atoms. The zero-order chi connectivity index (χ0) is 15.7. The first-order chi connectivity index (χ1) is 10.6. The first-order valence-corrected chi connectivity index (χ1v) is 9.18. The number of carbonyl (C=O) groups is 1. The first kappa shape index (κ1) is 16.0. The topological polar surface area (TPSA) is 20.3 Å². The van der Waals surface area contributed by atoms with Crippen LogP contribution < -0.4 is 4.90 Å². The van der Waals surface area contributed by atoms with Crippen LogP contribution in [0, 0.1) is 0 Å². The van der Waals surface area contributed by atoms with Crippen molar-refractivity contribution in [2.75, 3.05) is 10.8 Å². The summed E-state index contributed by atoms with van der Waals surface area (Å²) >= 11 is 12.8. The standard InChI is InChI=1S/C17H14Br2ClNO/c18-13-3-5-15-11(9-13)1-2-12-10-14(19)4-6-16(12)21(15)17(22)7-8-20/h3-6,9-10H,1-2,7-8H2. The summed E-state index contributed by atoms with van der Waals surface area (Å²) in [7, 11) is 0. The normalized spacial score (nSPS) is 13.3. The lowest BCUT2D eigenvalue weighted by molar-refractivity contribution is -0.117. The van der Waals surface area contributed by atoms with E-state index in [0.717, 1.165) is 33.2 Å². The molecule has 0 aliphatic carbocycles. The van der Waals surface area contributed by atoms with Crippen LogP contribution in [0.1, 0.15) is 17.5 Å². The summed E-state index contributed by atoms with van der Waals surface area (Å²) in [5.41, 5.74) is 4.26. The van der Waals surface area contributed by atoms with Crippen molar-refractivity contribution >= 4 is 60.7 Å². The highest BCUT2D eigenvalue weighted by molar-refractivity contribution is 9.10. The molecule has 1 aliphatic heterocycles. The molecule has 1 amide bonds. The van der Waals surface area contributed by atoms with Crippen LogP contribution in [0.2, 0.25) is 0 Å². The van der Waals surface area contributed by atoms with Crippen LogP contribution in [-0.2, 0) is 17.6 Å². The number of nitrogens with zero attached hydrogens (tertiary/aromatic N) is 1. The molecule has 2 nitrogen and oxygen atoms in total. The predicted octanol–water partition coefficient (Wildman–Crippen LogP) is 5.60. The number of hydrogen-bond acceptors (Lipinski definition) is 1. The van der Waals surface area contributed by atoms with Gasteiger partial charge in [0, 0.05) is 21.2 Å². The molecule has 0 bridgehead atoms. The van der Waals surface area contributed by atoms with Gasteiger partial charge < -0.3 is 0 Å². The Labute approximate surface area is 151 Å². The highest BCUT2D eigenvalue weighted by atomic mass is 79.9. The average molecular weight is 444 g/mol. The Kier molecular flexibility index (Phi) is 4.91. The van der Waals surface area contributed by atoms with Crippen LogP contribution in [0.5, 0.6) is 0 Å². The number of carbonyl (C=O) groups excluding carboxylic acids is 1. The number of halogens is 3. The molecule has 2 aromatic rings. The third-order valence-corrected chi connectivity index (χ3v) is 4.96.